The van der Waals surface area contributed by atoms with Crippen LogP contribution in [0.3, 0.4) is 0 Å². The van der Waals surface area contributed by atoms with Crippen molar-refractivity contribution in [2.45, 2.75) is 6.42 Å². The van der Waals surface area contributed by atoms with Crippen LogP contribution in [0.2, 0.25) is 0 Å². The molecule has 7 heteroatoms. The molecule has 4 aromatic rings. The second-order valence-electron chi connectivity index (χ2n) is 5.01. The van der Waals surface area contributed by atoms with E-state index in [2.05, 4.69) is 31.4 Å². The van der Waals surface area contributed by atoms with Crippen molar-refractivity contribution < 1.29 is 0 Å². The first-order chi connectivity index (χ1) is 11.4. The molecule has 1 N–H and O–H groups in total. The molecule has 0 unspecified atom stereocenters. The molecule has 0 fully saturated rings. The van der Waals surface area contributed by atoms with E-state index in [1.807, 2.05) is 34.2 Å². The Bertz CT molecular complexity index is 886. The van der Waals surface area contributed by atoms with Crippen LogP contribution in [0.25, 0.3) is 16.2 Å². The zero-order valence-corrected chi connectivity index (χ0v) is 13.1. The van der Waals surface area contributed by atoms with E-state index < -0.39 is 0 Å². The Hall–Kier alpha value is -2.80. The van der Waals surface area contributed by atoms with E-state index in [0.29, 0.717) is 5.95 Å². The van der Waals surface area contributed by atoms with E-state index in [1.165, 1.54) is 0 Å². The molecule has 0 aliphatic carbocycles. The van der Waals surface area contributed by atoms with Gasteiger partial charge in [0.25, 0.3) is 0 Å². The predicted molar refractivity (Wildman–Crippen MR) is 90.5 cm³/mol. The van der Waals surface area contributed by atoms with Gasteiger partial charge in [0.1, 0.15) is 0 Å². The van der Waals surface area contributed by atoms with Crippen LogP contribution in [-0.2, 0) is 6.42 Å². The van der Waals surface area contributed by atoms with Crippen molar-refractivity contribution in [1.29, 1.82) is 0 Å². The van der Waals surface area contributed by atoms with Gasteiger partial charge in [0.05, 0.1) is 11.4 Å². The van der Waals surface area contributed by atoms with E-state index in [9.17, 15) is 0 Å². The van der Waals surface area contributed by atoms with Gasteiger partial charge in [-0.25, -0.2) is 15.0 Å². The fourth-order valence-corrected chi connectivity index (χ4v) is 3.04. The minimum absolute atomic E-state index is 0.618. The van der Waals surface area contributed by atoms with Gasteiger partial charge >= 0.3 is 0 Å². The average Bonchev–Trinajstić information content (AvgIpc) is 3.18. The van der Waals surface area contributed by atoms with Crippen molar-refractivity contribution in [1.82, 2.24) is 24.3 Å². The molecule has 114 valence electrons. The number of hydrogen-bond acceptors (Lipinski definition) is 6. The van der Waals surface area contributed by atoms with Crippen LogP contribution in [0.4, 0.5) is 5.95 Å². The Kier molecular flexibility index (Phi) is 3.69. The van der Waals surface area contributed by atoms with Crippen molar-refractivity contribution in [2.24, 2.45) is 0 Å². The number of nitrogens with zero attached hydrogens (tertiary/aromatic N) is 5. The summed E-state index contributed by atoms with van der Waals surface area (Å²) in [6, 6.07) is 5.76. The van der Waals surface area contributed by atoms with E-state index in [1.54, 1.807) is 29.9 Å². The normalized spacial score (nSPS) is 11.0. The molecule has 23 heavy (non-hydrogen) atoms. The van der Waals surface area contributed by atoms with Gasteiger partial charge in [-0.15, -0.1) is 11.3 Å². The minimum atomic E-state index is 0.618. The molecule has 0 amide bonds. The maximum absolute atomic E-state index is 4.56. The highest BCUT2D eigenvalue weighted by atomic mass is 32.1. The topological polar surface area (TPSA) is 68.0 Å². The molecule has 0 spiro atoms. The Morgan fingerprint density at radius 2 is 2.17 bits per heavy atom. The second-order valence-corrected chi connectivity index (χ2v) is 5.88. The molecule has 6 nitrogen and oxygen atoms in total. The quantitative estimate of drug-likeness (QED) is 0.612. The highest BCUT2D eigenvalue weighted by Crippen LogP contribution is 2.16. The largest absolute Gasteiger partial charge is 0.354 e. The first-order valence-corrected chi connectivity index (χ1v) is 8.15. The Balaban J connectivity index is 1.42. The molecule has 4 aromatic heterocycles. The highest BCUT2D eigenvalue weighted by molar-refractivity contribution is 7.15. The molecule has 0 saturated heterocycles. The lowest BCUT2D eigenvalue weighted by molar-refractivity contribution is 0.955. The fraction of sp³-hybridized carbons (Fsp3) is 0.125. The maximum atomic E-state index is 4.56. The maximum Gasteiger partial charge on any atom is 0.223 e. The summed E-state index contributed by atoms with van der Waals surface area (Å²) in [5.41, 5.74) is 2.90. The van der Waals surface area contributed by atoms with Gasteiger partial charge in [-0.1, -0.05) is 0 Å². The van der Waals surface area contributed by atoms with E-state index in [4.69, 9.17) is 0 Å². The van der Waals surface area contributed by atoms with E-state index >= 15 is 0 Å². The zero-order valence-electron chi connectivity index (χ0n) is 12.3. The summed E-state index contributed by atoms with van der Waals surface area (Å²) in [6.07, 6.45) is 10.2. The molecule has 0 radical (unpaired) electrons. The number of anilines is 1. The van der Waals surface area contributed by atoms with Crippen molar-refractivity contribution in [3.05, 3.63) is 60.3 Å². The van der Waals surface area contributed by atoms with Gasteiger partial charge < -0.3 is 5.32 Å². The lowest BCUT2D eigenvalue weighted by atomic mass is 10.2. The number of thiazole rings is 1. The van der Waals surface area contributed by atoms with Gasteiger partial charge in [0.2, 0.25) is 5.95 Å². The molecule has 0 aromatic carbocycles. The Morgan fingerprint density at radius 1 is 1.17 bits per heavy atom. The molecule has 0 aliphatic rings. The van der Waals surface area contributed by atoms with Crippen molar-refractivity contribution >= 4 is 22.2 Å². The molecular formula is C16H14N6S. The third-order valence-corrected chi connectivity index (χ3v) is 4.19. The van der Waals surface area contributed by atoms with Gasteiger partial charge in [-0.05, 0) is 18.2 Å². The van der Waals surface area contributed by atoms with E-state index in [-0.39, 0.29) is 0 Å². The van der Waals surface area contributed by atoms with Gasteiger partial charge in [0, 0.05) is 54.9 Å². The minimum Gasteiger partial charge on any atom is -0.354 e. The SMILES string of the molecule is c1cncc(-c2ccnc(NCCc3cn4ccsc4n3)n2)c1. The van der Waals surface area contributed by atoms with Crippen LogP contribution in [0.5, 0.6) is 0 Å². The summed E-state index contributed by atoms with van der Waals surface area (Å²) >= 11 is 1.64. The van der Waals surface area contributed by atoms with Crippen molar-refractivity contribution in [3.8, 4) is 11.3 Å². The van der Waals surface area contributed by atoms with Crippen LogP contribution in [-0.4, -0.2) is 30.9 Å². The Labute approximate surface area is 136 Å². The molecule has 0 aliphatic heterocycles. The predicted octanol–water partition coefficient (Wildman–Crippen LogP) is 2.90. The standard InChI is InChI=1S/C16H14N6S/c1-2-12(10-17-5-1)14-4-7-19-15(21-14)18-6-3-13-11-22-8-9-23-16(22)20-13/h1-2,4-5,7-11H,3,6H2,(H,18,19,21). The first kappa shape index (κ1) is 13.8. The Morgan fingerprint density at radius 3 is 3.04 bits per heavy atom. The summed E-state index contributed by atoms with van der Waals surface area (Å²) in [7, 11) is 0. The lowest BCUT2D eigenvalue weighted by Gasteiger charge is -2.05. The number of pyridine rings is 1. The zero-order chi connectivity index (χ0) is 15.5. The lowest BCUT2D eigenvalue weighted by Crippen LogP contribution is -2.08. The van der Waals surface area contributed by atoms with Gasteiger partial charge in [-0.2, -0.15) is 0 Å². The first-order valence-electron chi connectivity index (χ1n) is 7.27. The average molecular weight is 322 g/mol. The summed E-state index contributed by atoms with van der Waals surface area (Å²) in [6.45, 7) is 0.737. The third kappa shape index (κ3) is 3.04. The molecule has 0 bridgehead atoms. The third-order valence-electron chi connectivity index (χ3n) is 3.42. The number of hydrogen-bond donors (Lipinski definition) is 1. The van der Waals surface area contributed by atoms with Crippen LogP contribution in [0.15, 0.2) is 54.6 Å². The van der Waals surface area contributed by atoms with Crippen LogP contribution < -0.4 is 5.32 Å². The van der Waals surface area contributed by atoms with Gasteiger partial charge in [-0.3, -0.25) is 9.38 Å². The number of imidazole rings is 1. The van der Waals surface area contributed by atoms with Crippen molar-refractivity contribution in [3.63, 3.8) is 0 Å². The fourth-order valence-electron chi connectivity index (χ4n) is 2.32. The summed E-state index contributed by atoms with van der Waals surface area (Å²) in [4.78, 5) is 18.5. The molecule has 4 rings (SSSR count). The number of rotatable bonds is 5. The summed E-state index contributed by atoms with van der Waals surface area (Å²) in [5.74, 6) is 0.618. The van der Waals surface area contributed by atoms with Crippen LogP contribution in [0, 0.1) is 0 Å². The van der Waals surface area contributed by atoms with Crippen LogP contribution in [0.1, 0.15) is 5.69 Å². The highest BCUT2D eigenvalue weighted by Gasteiger charge is 2.04. The van der Waals surface area contributed by atoms with Gasteiger partial charge in [0.15, 0.2) is 4.96 Å². The molecule has 0 saturated carbocycles. The number of aromatic nitrogens is 5. The monoisotopic (exact) mass is 322 g/mol. The molecule has 4 heterocycles. The molecular weight excluding hydrogens is 308 g/mol. The van der Waals surface area contributed by atoms with Crippen molar-refractivity contribution in [2.75, 3.05) is 11.9 Å². The second kappa shape index (κ2) is 6.13. The smallest absolute Gasteiger partial charge is 0.223 e. The number of nitrogens with one attached hydrogen (secondary N) is 1. The molecule has 0 atom stereocenters. The summed E-state index contributed by atoms with van der Waals surface area (Å²) < 4.78 is 2.04. The number of fused-ring (bicyclic) bond motifs is 1. The van der Waals surface area contributed by atoms with E-state index in [0.717, 1.165) is 34.9 Å². The van der Waals surface area contributed by atoms with Crippen LogP contribution >= 0.6 is 11.3 Å². The summed E-state index contributed by atoms with van der Waals surface area (Å²) in [5, 5.41) is 5.28.